The molecule has 1 aliphatic heterocycles. The van der Waals surface area contributed by atoms with E-state index in [-0.39, 0.29) is 11.9 Å². The number of nitrogens with zero attached hydrogens (tertiary/aromatic N) is 1. The zero-order valence-electron chi connectivity index (χ0n) is 17.7. The second-order valence-corrected chi connectivity index (χ2v) is 8.92. The first-order valence-electron chi connectivity index (χ1n) is 10.4. The number of methoxy groups -OCH3 is 1. The molecule has 6 heteroatoms. The number of thiophene rings is 1. The molecule has 1 aromatic carbocycles. The van der Waals surface area contributed by atoms with Gasteiger partial charge in [0.1, 0.15) is 10.8 Å². The van der Waals surface area contributed by atoms with Gasteiger partial charge in [-0.2, -0.15) is 0 Å². The number of carbonyl (C=O) groups excluding carboxylic acids is 1. The van der Waals surface area contributed by atoms with Crippen LogP contribution in [0.1, 0.15) is 57.4 Å². The number of amides is 1. The van der Waals surface area contributed by atoms with Crippen LogP contribution in [0, 0.1) is 13.8 Å². The van der Waals surface area contributed by atoms with Gasteiger partial charge in [0.2, 0.25) is 0 Å². The van der Waals surface area contributed by atoms with Crippen molar-refractivity contribution in [3.05, 3.63) is 70.0 Å². The summed E-state index contributed by atoms with van der Waals surface area (Å²) in [5.41, 5.74) is 3.51. The number of hydrogen-bond donors (Lipinski definition) is 1. The predicted molar refractivity (Wildman–Crippen MR) is 121 cm³/mol. The van der Waals surface area contributed by atoms with E-state index in [1.54, 1.807) is 30.6 Å². The van der Waals surface area contributed by atoms with E-state index >= 15 is 0 Å². The fourth-order valence-electron chi connectivity index (χ4n) is 4.24. The summed E-state index contributed by atoms with van der Waals surface area (Å²) in [5.74, 6) is 0.969. The molecule has 1 N–H and O–H groups in total. The van der Waals surface area contributed by atoms with E-state index in [1.807, 2.05) is 12.1 Å². The van der Waals surface area contributed by atoms with Gasteiger partial charge in [-0.3, -0.25) is 9.69 Å². The van der Waals surface area contributed by atoms with Gasteiger partial charge in [0.05, 0.1) is 19.4 Å². The lowest BCUT2D eigenvalue weighted by atomic mass is 9.92. The largest absolute Gasteiger partial charge is 0.496 e. The van der Waals surface area contributed by atoms with Crippen LogP contribution in [0.2, 0.25) is 0 Å². The third-order valence-corrected chi connectivity index (χ3v) is 7.01. The number of likely N-dealkylation sites (tertiary alicyclic amines) is 1. The van der Waals surface area contributed by atoms with Gasteiger partial charge < -0.3 is 14.5 Å². The molecule has 158 valence electrons. The van der Waals surface area contributed by atoms with Gasteiger partial charge in [-0.1, -0.05) is 24.6 Å². The highest BCUT2D eigenvalue weighted by atomic mass is 32.1. The van der Waals surface area contributed by atoms with Crippen LogP contribution in [0.15, 0.2) is 47.1 Å². The third kappa shape index (κ3) is 4.02. The highest BCUT2D eigenvalue weighted by Gasteiger charge is 2.32. The van der Waals surface area contributed by atoms with Crippen LogP contribution in [0.4, 0.5) is 5.00 Å². The number of para-hydroxylation sites is 1. The topological polar surface area (TPSA) is 54.7 Å². The zero-order chi connectivity index (χ0) is 21.1. The minimum Gasteiger partial charge on any atom is -0.496 e. The highest BCUT2D eigenvalue weighted by Crippen LogP contribution is 2.45. The second kappa shape index (κ2) is 9.06. The van der Waals surface area contributed by atoms with Gasteiger partial charge in [0.25, 0.3) is 5.91 Å². The van der Waals surface area contributed by atoms with E-state index in [0.29, 0.717) is 5.76 Å². The van der Waals surface area contributed by atoms with Crippen molar-refractivity contribution in [2.24, 2.45) is 0 Å². The molecule has 0 saturated carbocycles. The molecule has 1 saturated heterocycles. The average molecular weight is 425 g/mol. The van der Waals surface area contributed by atoms with Crippen LogP contribution < -0.4 is 10.1 Å². The standard InChI is InChI=1S/C24H28N2O3S/c1-16-17(2)30-24(25-23(27)20-12-9-15-29-20)21(16)22(26-13-7-4-8-14-26)18-10-5-6-11-19(18)28-3/h5-6,9-12,15,22H,4,7-8,13-14H2,1-3H3,(H,25,27)/t22-/m1/s1. The Morgan fingerprint density at radius 2 is 1.90 bits per heavy atom. The summed E-state index contributed by atoms with van der Waals surface area (Å²) in [6.45, 7) is 6.32. The van der Waals surface area contributed by atoms with E-state index in [0.717, 1.165) is 35.0 Å². The molecule has 1 atom stereocenters. The molecule has 1 amide bonds. The third-order valence-electron chi connectivity index (χ3n) is 5.87. The first kappa shape index (κ1) is 20.7. The average Bonchev–Trinajstić information content (AvgIpc) is 3.40. The number of ether oxygens (including phenoxy) is 1. The number of furan rings is 1. The second-order valence-electron chi connectivity index (χ2n) is 7.70. The molecule has 2 aromatic heterocycles. The van der Waals surface area contributed by atoms with Crippen LogP contribution in [0.5, 0.6) is 5.75 Å². The molecular weight excluding hydrogens is 396 g/mol. The van der Waals surface area contributed by atoms with Gasteiger partial charge in [0.15, 0.2) is 5.76 Å². The lowest BCUT2D eigenvalue weighted by Gasteiger charge is -2.36. The predicted octanol–water partition coefficient (Wildman–Crippen LogP) is 5.79. The molecule has 0 unspecified atom stereocenters. The molecule has 30 heavy (non-hydrogen) atoms. The van der Waals surface area contributed by atoms with Crippen molar-refractivity contribution in [3.63, 3.8) is 0 Å². The number of anilines is 1. The highest BCUT2D eigenvalue weighted by molar-refractivity contribution is 7.16. The van der Waals surface area contributed by atoms with Gasteiger partial charge in [-0.25, -0.2) is 0 Å². The van der Waals surface area contributed by atoms with Crippen molar-refractivity contribution in [3.8, 4) is 5.75 Å². The number of rotatable bonds is 6. The number of nitrogens with one attached hydrogen (secondary N) is 1. The molecule has 1 fully saturated rings. The molecule has 0 spiro atoms. The van der Waals surface area contributed by atoms with Crippen LogP contribution in [-0.2, 0) is 0 Å². The maximum absolute atomic E-state index is 12.8. The first-order chi connectivity index (χ1) is 14.6. The molecule has 3 aromatic rings. The number of aryl methyl sites for hydroxylation is 1. The molecule has 3 heterocycles. The van der Waals surface area contributed by atoms with Crippen molar-refractivity contribution in [1.82, 2.24) is 4.90 Å². The lowest BCUT2D eigenvalue weighted by Crippen LogP contribution is -2.35. The van der Waals surface area contributed by atoms with Gasteiger partial charge in [-0.15, -0.1) is 11.3 Å². The first-order valence-corrected chi connectivity index (χ1v) is 11.2. The summed E-state index contributed by atoms with van der Waals surface area (Å²) in [6, 6.07) is 11.7. The van der Waals surface area contributed by atoms with Crippen molar-refractivity contribution in [1.29, 1.82) is 0 Å². The van der Waals surface area contributed by atoms with E-state index in [2.05, 4.69) is 36.2 Å². The Labute approximate surface area is 181 Å². The summed E-state index contributed by atoms with van der Waals surface area (Å²) in [5, 5.41) is 4.00. The SMILES string of the molecule is COc1ccccc1[C@H](c1c(NC(=O)c2ccco2)sc(C)c1C)N1CCCCC1. The minimum absolute atomic E-state index is 0.0262. The smallest absolute Gasteiger partial charge is 0.291 e. The Hall–Kier alpha value is -2.57. The quantitative estimate of drug-likeness (QED) is 0.544. The molecule has 4 rings (SSSR count). The van der Waals surface area contributed by atoms with E-state index in [1.165, 1.54) is 36.0 Å². The maximum Gasteiger partial charge on any atom is 0.291 e. The van der Waals surface area contributed by atoms with Crippen LogP contribution in [-0.4, -0.2) is 31.0 Å². The Morgan fingerprint density at radius 1 is 1.13 bits per heavy atom. The van der Waals surface area contributed by atoms with Gasteiger partial charge in [-0.05, 0) is 63.5 Å². The fraction of sp³-hybridized carbons (Fsp3) is 0.375. The molecular formula is C24H28N2O3S. The Kier molecular flexibility index (Phi) is 6.25. The number of piperidine rings is 1. The van der Waals surface area contributed by atoms with E-state index in [4.69, 9.17) is 9.15 Å². The van der Waals surface area contributed by atoms with Crippen LogP contribution in [0.25, 0.3) is 0 Å². The molecule has 5 nitrogen and oxygen atoms in total. The van der Waals surface area contributed by atoms with Crippen molar-refractivity contribution >= 4 is 22.2 Å². The van der Waals surface area contributed by atoms with Crippen molar-refractivity contribution in [2.45, 2.75) is 39.2 Å². The molecule has 1 aliphatic rings. The minimum atomic E-state index is -0.222. The molecule has 0 aliphatic carbocycles. The Bertz CT molecular complexity index is 1000. The summed E-state index contributed by atoms with van der Waals surface area (Å²) in [7, 11) is 1.72. The van der Waals surface area contributed by atoms with Crippen LogP contribution >= 0.6 is 11.3 Å². The maximum atomic E-state index is 12.8. The normalized spacial score (nSPS) is 15.7. The van der Waals surface area contributed by atoms with Crippen molar-refractivity contribution in [2.75, 3.05) is 25.5 Å². The monoisotopic (exact) mass is 424 g/mol. The summed E-state index contributed by atoms with van der Waals surface area (Å²) < 4.78 is 11.0. The summed E-state index contributed by atoms with van der Waals surface area (Å²) in [6.07, 6.45) is 5.15. The van der Waals surface area contributed by atoms with Crippen LogP contribution in [0.3, 0.4) is 0 Å². The summed E-state index contributed by atoms with van der Waals surface area (Å²) in [4.78, 5) is 16.5. The zero-order valence-corrected chi connectivity index (χ0v) is 18.6. The van der Waals surface area contributed by atoms with E-state index in [9.17, 15) is 4.79 Å². The van der Waals surface area contributed by atoms with E-state index < -0.39 is 0 Å². The van der Waals surface area contributed by atoms with Crippen molar-refractivity contribution < 1.29 is 13.9 Å². The number of carbonyl (C=O) groups is 1. The lowest BCUT2D eigenvalue weighted by molar-refractivity contribution is 0.0996. The number of hydrogen-bond acceptors (Lipinski definition) is 5. The Balaban J connectivity index is 1.81. The Morgan fingerprint density at radius 3 is 2.60 bits per heavy atom. The van der Waals surface area contributed by atoms with Gasteiger partial charge in [0, 0.05) is 16.0 Å². The fourth-order valence-corrected chi connectivity index (χ4v) is 5.33. The molecule has 0 radical (unpaired) electrons. The summed E-state index contributed by atoms with van der Waals surface area (Å²) >= 11 is 1.63. The van der Waals surface area contributed by atoms with Gasteiger partial charge >= 0.3 is 0 Å². The molecule has 0 bridgehead atoms. The number of benzene rings is 1.